The van der Waals surface area contributed by atoms with Crippen LogP contribution in [-0.4, -0.2) is 50.2 Å². The van der Waals surface area contributed by atoms with Crippen LogP contribution in [0.15, 0.2) is 18.2 Å². The maximum absolute atomic E-state index is 14.1. The van der Waals surface area contributed by atoms with Crippen molar-refractivity contribution in [1.29, 1.82) is 0 Å². The molecule has 3 rings (SSSR count). The lowest BCUT2D eigenvalue weighted by atomic mass is 10.1. The number of rotatable bonds is 12. The summed E-state index contributed by atoms with van der Waals surface area (Å²) >= 11 is 0. The number of nitrogens with zero attached hydrogens (tertiary/aromatic N) is 1. The Bertz CT molecular complexity index is 962. The van der Waals surface area contributed by atoms with E-state index >= 15 is 0 Å². The molecule has 0 unspecified atom stereocenters. The maximum atomic E-state index is 14.1. The molecule has 2 N–H and O–H groups in total. The number of hydrogen-bond donors (Lipinski definition) is 2. The second-order valence-corrected chi connectivity index (χ2v) is 10.9. The van der Waals surface area contributed by atoms with Crippen molar-refractivity contribution in [2.24, 2.45) is 5.92 Å². The zero-order valence-corrected chi connectivity index (χ0v) is 19.6. The Balaban J connectivity index is 1.50. The van der Waals surface area contributed by atoms with Crippen molar-refractivity contribution in [1.82, 2.24) is 14.9 Å². The number of benzene rings is 1. The lowest BCUT2D eigenvalue weighted by Gasteiger charge is -2.20. The molecule has 1 aliphatic heterocycles. The van der Waals surface area contributed by atoms with Gasteiger partial charge in [0.2, 0.25) is 10.0 Å². The van der Waals surface area contributed by atoms with Crippen molar-refractivity contribution in [3.05, 3.63) is 29.6 Å². The zero-order valence-electron chi connectivity index (χ0n) is 18.8. The van der Waals surface area contributed by atoms with Crippen LogP contribution in [0.2, 0.25) is 0 Å². The molecule has 1 atom stereocenters. The van der Waals surface area contributed by atoms with Gasteiger partial charge >= 0.3 is 6.03 Å². The van der Waals surface area contributed by atoms with Gasteiger partial charge in [-0.05, 0) is 56.2 Å². The van der Waals surface area contributed by atoms with Crippen LogP contribution in [-0.2, 0) is 20.4 Å². The molecule has 2 fully saturated rings. The summed E-state index contributed by atoms with van der Waals surface area (Å²) in [5, 5.41) is 2.26. The quantitative estimate of drug-likeness (QED) is 0.362. The van der Waals surface area contributed by atoms with Crippen LogP contribution in [0.3, 0.4) is 0 Å². The van der Waals surface area contributed by atoms with Gasteiger partial charge in [0.05, 0.1) is 17.9 Å². The fourth-order valence-corrected chi connectivity index (χ4v) is 5.34. The number of urea groups is 1. The molecule has 8 nitrogen and oxygen atoms in total. The number of amides is 3. The van der Waals surface area contributed by atoms with E-state index in [1.165, 1.54) is 11.0 Å². The molecule has 1 saturated carbocycles. The second-order valence-electron chi connectivity index (χ2n) is 9.08. The molecule has 1 aliphatic carbocycles. The zero-order chi connectivity index (χ0) is 23.5. The van der Waals surface area contributed by atoms with E-state index in [0.717, 1.165) is 0 Å². The number of ether oxygens (including phenoxy) is 1. The van der Waals surface area contributed by atoms with E-state index in [1.807, 2.05) is 13.8 Å². The van der Waals surface area contributed by atoms with Gasteiger partial charge in [0, 0.05) is 6.54 Å². The number of carbonyl (C=O) groups is 2. The molecule has 0 radical (unpaired) electrons. The number of hydrogen-bond acceptors (Lipinski definition) is 5. The molecule has 10 heteroatoms. The number of halogens is 1. The third-order valence-electron chi connectivity index (χ3n) is 5.81. The monoisotopic (exact) mass is 469 g/mol. The van der Waals surface area contributed by atoms with Crippen molar-refractivity contribution in [3.8, 4) is 5.75 Å². The normalized spacial score (nSPS) is 20.0. The first-order chi connectivity index (χ1) is 15.0. The standard InChI is InChI=1S/C22H32FN3O5S/c1-15(2)14-31-19-13-17(7-8-18(19)23)22(9-10-22)25-32(29,30)12-6-4-5-11-26-16(3)20(27)24-21(26)28/h7-8,13,15-16,25H,4-6,9-12,14H2,1-3H3,(H,24,27,28)/t16-/m0/s1. The molecule has 178 valence electrons. The topological polar surface area (TPSA) is 105 Å². The Labute approximate surface area is 188 Å². The number of carbonyl (C=O) groups excluding carboxylic acids is 2. The van der Waals surface area contributed by atoms with Crippen LogP contribution in [0.25, 0.3) is 0 Å². The van der Waals surface area contributed by atoms with E-state index in [4.69, 9.17) is 4.74 Å². The SMILES string of the molecule is CC(C)COc1cc(C2(NS(=O)(=O)CCCCCN3C(=O)NC(=O)[C@@H]3C)CC2)ccc1F. The predicted octanol–water partition coefficient (Wildman–Crippen LogP) is 2.88. The van der Waals surface area contributed by atoms with Gasteiger partial charge in [0.25, 0.3) is 5.91 Å². The van der Waals surface area contributed by atoms with Gasteiger partial charge in [0.1, 0.15) is 6.04 Å². The van der Waals surface area contributed by atoms with E-state index in [-0.39, 0.29) is 23.3 Å². The highest BCUT2D eigenvalue weighted by molar-refractivity contribution is 7.89. The summed E-state index contributed by atoms with van der Waals surface area (Å²) in [6.45, 7) is 6.39. The molecule has 32 heavy (non-hydrogen) atoms. The van der Waals surface area contributed by atoms with Gasteiger partial charge in [-0.15, -0.1) is 0 Å². The number of nitrogens with one attached hydrogen (secondary N) is 2. The average Bonchev–Trinajstić information content (AvgIpc) is 3.43. The highest BCUT2D eigenvalue weighted by Crippen LogP contribution is 2.47. The Kier molecular flexibility index (Phi) is 7.44. The minimum Gasteiger partial charge on any atom is -0.490 e. The first-order valence-corrected chi connectivity index (χ1v) is 12.7. The van der Waals surface area contributed by atoms with Gasteiger partial charge in [-0.3, -0.25) is 10.1 Å². The summed E-state index contributed by atoms with van der Waals surface area (Å²) in [4.78, 5) is 24.6. The summed E-state index contributed by atoms with van der Waals surface area (Å²) in [7, 11) is -3.53. The third kappa shape index (κ3) is 5.98. The first kappa shape index (κ1) is 24.4. The van der Waals surface area contributed by atoms with Gasteiger partial charge in [-0.2, -0.15) is 0 Å². The van der Waals surface area contributed by atoms with Gasteiger partial charge in [-0.1, -0.05) is 26.3 Å². The van der Waals surface area contributed by atoms with E-state index in [1.54, 1.807) is 19.1 Å². The lowest BCUT2D eigenvalue weighted by Crippen LogP contribution is -2.36. The summed E-state index contributed by atoms with van der Waals surface area (Å²) in [6, 6.07) is 3.63. The van der Waals surface area contributed by atoms with Crippen LogP contribution in [0.4, 0.5) is 9.18 Å². The Morgan fingerprint density at radius 1 is 1.25 bits per heavy atom. The largest absolute Gasteiger partial charge is 0.490 e. The number of unbranched alkanes of at least 4 members (excludes halogenated alkanes) is 2. The van der Waals surface area contributed by atoms with Crippen LogP contribution in [0.1, 0.15) is 58.4 Å². The smallest absolute Gasteiger partial charge is 0.324 e. The first-order valence-electron chi connectivity index (χ1n) is 11.1. The lowest BCUT2D eigenvalue weighted by molar-refractivity contribution is -0.121. The van der Waals surface area contributed by atoms with Crippen molar-refractivity contribution >= 4 is 22.0 Å². The molecule has 1 saturated heterocycles. The number of imide groups is 1. The molecule has 1 heterocycles. The molecule has 0 aromatic heterocycles. The Morgan fingerprint density at radius 3 is 2.56 bits per heavy atom. The van der Waals surface area contributed by atoms with Crippen molar-refractivity contribution in [2.45, 2.75) is 64.5 Å². The van der Waals surface area contributed by atoms with Crippen LogP contribution >= 0.6 is 0 Å². The maximum Gasteiger partial charge on any atom is 0.324 e. The molecule has 0 bridgehead atoms. The summed E-state index contributed by atoms with van der Waals surface area (Å²) in [5.41, 5.74) is 0.00580. The molecule has 2 aliphatic rings. The van der Waals surface area contributed by atoms with E-state index < -0.39 is 33.5 Å². The molecule has 1 aromatic rings. The fraction of sp³-hybridized carbons (Fsp3) is 0.636. The van der Waals surface area contributed by atoms with Gasteiger partial charge in [-0.25, -0.2) is 22.3 Å². The Morgan fingerprint density at radius 2 is 1.97 bits per heavy atom. The minimum atomic E-state index is -3.53. The highest BCUT2D eigenvalue weighted by atomic mass is 32.2. The third-order valence-corrected chi connectivity index (χ3v) is 7.33. The summed E-state index contributed by atoms with van der Waals surface area (Å²) in [5.74, 6) is -0.422. The van der Waals surface area contributed by atoms with Crippen LogP contribution < -0.4 is 14.8 Å². The van der Waals surface area contributed by atoms with E-state index in [0.29, 0.717) is 50.8 Å². The van der Waals surface area contributed by atoms with Crippen molar-refractivity contribution < 1.29 is 27.1 Å². The van der Waals surface area contributed by atoms with Crippen LogP contribution in [0.5, 0.6) is 5.75 Å². The number of sulfonamides is 1. The van der Waals surface area contributed by atoms with Gasteiger partial charge in [0.15, 0.2) is 11.6 Å². The molecular weight excluding hydrogens is 437 g/mol. The molecular formula is C22H32FN3O5S. The molecule has 1 aromatic carbocycles. The predicted molar refractivity (Wildman–Crippen MR) is 118 cm³/mol. The second kappa shape index (κ2) is 9.74. The Hall–Kier alpha value is -2.20. The van der Waals surface area contributed by atoms with E-state index in [9.17, 15) is 22.4 Å². The van der Waals surface area contributed by atoms with Crippen molar-refractivity contribution in [2.75, 3.05) is 18.9 Å². The average molecular weight is 470 g/mol. The van der Waals surface area contributed by atoms with E-state index in [2.05, 4.69) is 10.0 Å². The molecule has 0 spiro atoms. The van der Waals surface area contributed by atoms with Crippen LogP contribution in [0, 0.1) is 11.7 Å². The van der Waals surface area contributed by atoms with Gasteiger partial charge < -0.3 is 9.64 Å². The minimum absolute atomic E-state index is 0.0344. The highest BCUT2D eigenvalue weighted by Gasteiger charge is 2.47. The summed E-state index contributed by atoms with van der Waals surface area (Å²) in [6.07, 6.45) is 2.97. The molecule has 3 amide bonds. The van der Waals surface area contributed by atoms with Crippen molar-refractivity contribution in [3.63, 3.8) is 0 Å². The summed E-state index contributed by atoms with van der Waals surface area (Å²) < 4.78 is 47.7. The fourth-order valence-electron chi connectivity index (χ4n) is 3.74.